The lowest BCUT2D eigenvalue weighted by Gasteiger charge is -2.41. The highest BCUT2D eigenvalue weighted by molar-refractivity contribution is 5.88. The Morgan fingerprint density at radius 2 is 1.65 bits per heavy atom. The SMILES string of the molecule is CC1CN(C(=O)Cc2noc(-c3cccc(F)c3)n2)CCN1C(=O)C(c1ccccc1)c1ccccc1. The highest BCUT2D eigenvalue weighted by Gasteiger charge is 2.35. The van der Waals surface area contributed by atoms with Gasteiger partial charge in [0, 0.05) is 31.2 Å². The predicted octanol–water partition coefficient (Wildman–Crippen LogP) is 4.31. The Bertz CT molecular complexity index is 1340. The van der Waals surface area contributed by atoms with Gasteiger partial charge in [-0.2, -0.15) is 4.98 Å². The number of piperazine rings is 1. The fraction of sp³-hybridized carbons (Fsp3) is 0.241. The molecule has 1 aliphatic heterocycles. The Morgan fingerprint density at radius 3 is 2.27 bits per heavy atom. The highest BCUT2D eigenvalue weighted by atomic mass is 19.1. The first-order valence-electron chi connectivity index (χ1n) is 12.3. The topological polar surface area (TPSA) is 79.5 Å². The van der Waals surface area contributed by atoms with Crippen LogP contribution in [0, 0.1) is 5.82 Å². The molecule has 8 heteroatoms. The molecule has 1 aliphatic rings. The summed E-state index contributed by atoms with van der Waals surface area (Å²) in [5.74, 6) is -0.533. The maximum absolute atomic E-state index is 13.8. The lowest BCUT2D eigenvalue weighted by atomic mass is 9.89. The molecular formula is C29H27FN4O3. The minimum atomic E-state index is -0.410. The van der Waals surface area contributed by atoms with Gasteiger partial charge in [0.25, 0.3) is 5.89 Å². The van der Waals surface area contributed by atoms with E-state index in [4.69, 9.17) is 4.52 Å². The van der Waals surface area contributed by atoms with E-state index in [-0.39, 0.29) is 36.0 Å². The maximum Gasteiger partial charge on any atom is 0.258 e. The maximum atomic E-state index is 13.8. The smallest absolute Gasteiger partial charge is 0.258 e. The molecule has 0 aliphatic carbocycles. The molecule has 1 fully saturated rings. The number of benzene rings is 3. The molecule has 5 rings (SSSR count). The van der Waals surface area contributed by atoms with E-state index >= 15 is 0 Å². The predicted molar refractivity (Wildman–Crippen MR) is 136 cm³/mol. The third-order valence-electron chi connectivity index (χ3n) is 6.63. The summed E-state index contributed by atoms with van der Waals surface area (Å²) in [4.78, 5) is 34.7. The fourth-order valence-corrected chi connectivity index (χ4v) is 4.76. The summed E-state index contributed by atoms with van der Waals surface area (Å²) in [5, 5.41) is 3.89. The molecule has 0 spiro atoms. The number of nitrogens with zero attached hydrogens (tertiary/aromatic N) is 4. The number of hydrogen-bond acceptors (Lipinski definition) is 5. The van der Waals surface area contributed by atoms with E-state index in [0.29, 0.717) is 25.2 Å². The lowest BCUT2D eigenvalue weighted by Crippen LogP contribution is -2.56. The van der Waals surface area contributed by atoms with Crippen LogP contribution in [0.15, 0.2) is 89.5 Å². The molecule has 4 aromatic rings. The van der Waals surface area contributed by atoms with Gasteiger partial charge < -0.3 is 14.3 Å². The van der Waals surface area contributed by atoms with Gasteiger partial charge in [0.05, 0.1) is 12.3 Å². The molecule has 2 amide bonds. The summed E-state index contributed by atoms with van der Waals surface area (Å²) in [6.45, 7) is 3.22. The molecule has 0 radical (unpaired) electrons. The molecule has 1 saturated heterocycles. The first-order chi connectivity index (χ1) is 18.0. The van der Waals surface area contributed by atoms with Crippen LogP contribution in [-0.4, -0.2) is 57.4 Å². The van der Waals surface area contributed by atoms with Crippen molar-refractivity contribution in [3.05, 3.63) is 108 Å². The standard InChI is InChI=1S/C29H27FN4O3/c1-20-19-33(26(35)18-25-31-28(37-32-25)23-13-8-14-24(30)17-23)15-16-34(20)29(36)27(21-9-4-2-5-10-21)22-11-6-3-7-12-22/h2-14,17,20,27H,15-16,18-19H2,1H3. The van der Waals surface area contributed by atoms with Crippen LogP contribution in [0.3, 0.4) is 0 Å². The lowest BCUT2D eigenvalue weighted by molar-refractivity contribution is -0.142. The van der Waals surface area contributed by atoms with E-state index in [0.717, 1.165) is 11.1 Å². The van der Waals surface area contributed by atoms with Crippen LogP contribution < -0.4 is 0 Å². The molecule has 1 atom stereocenters. The molecule has 2 heterocycles. The molecule has 7 nitrogen and oxygen atoms in total. The van der Waals surface area contributed by atoms with E-state index in [1.807, 2.05) is 72.5 Å². The van der Waals surface area contributed by atoms with Crippen molar-refractivity contribution >= 4 is 11.8 Å². The second-order valence-corrected chi connectivity index (χ2v) is 9.18. The largest absolute Gasteiger partial charge is 0.338 e. The third kappa shape index (κ3) is 5.43. The molecule has 0 saturated carbocycles. The van der Waals surface area contributed by atoms with Gasteiger partial charge in [-0.1, -0.05) is 71.9 Å². The number of hydrogen-bond donors (Lipinski definition) is 0. The van der Waals surface area contributed by atoms with Crippen molar-refractivity contribution in [2.75, 3.05) is 19.6 Å². The van der Waals surface area contributed by atoms with E-state index in [1.165, 1.54) is 12.1 Å². The van der Waals surface area contributed by atoms with Gasteiger partial charge in [-0.15, -0.1) is 0 Å². The van der Waals surface area contributed by atoms with Crippen LogP contribution in [0.4, 0.5) is 4.39 Å². The van der Waals surface area contributed by atoms with Crippen LogP contribution in [0.25, 0.3) is 11.5 Å². The Kier molecular flexibility index (Phi) is 7.07. The second kappa shape index (κ2) is 10.7. The number of rotatable bonds is 6. The van der Waals surface area contributed by atoms with Crippen LogP contribution in [0.2, 0.25) is 0 Å². The Balaban J connectivity index is 1.25. The minimum Gasteiger partial charge on any atom is -0.338 e. The van der Waals surface area contributed by atoms with Gasteiger partial charge in [-0.05, 0) is 36.2 Å². The van der Waals surface area contributed by atoms with Crippen LogP contribution in [0.1, 0.15) is 29.8 Å². The monoisotopic (exact) mass is 498 g/mol. The average Bonchev–Trinajstić information content (AvgIpc) is 3.38. The van der Waals surface area contributed by atoms with Gasteiger partial charge in [-0.25, -0.2) is 4.39 Å². The van der Waals surface area contributed by atoms with Crippen molar-refractivity contribution in [1.82, 2.24) is 19.9 Å². The van der Waals surface area contributed by atoms with Crippen LogP contribution in [-0.2, 0) is 16.0 Å². The molecule has 0 bridgehead atoms. The number of amides is 2. The van der Waals surface area contributed by atoms with Gasteiger partial charge in [0.2, 0.25) is 11.8 Å². The summed E-state index contributed by atoms with van der Waals surface area (Å²) in [6.07, 6.45) is -0.0316. The fourth-order valence-electron chi connectivity index (χ4n) is 4.76. The first kappa shape index (κ1) is 24.4. The summed E-state index contributed by atoms with van der Waals surface area (Å²) in [5.41, 5.74) is 2.34. The van der Waals surface area contributed by atoms with Gasteiger partial charge in [0.15, 0.2) is 5.82 Å². The van der Waals surface area contributed by atoms with E-state index in [2.05, 4.69) is 10.1 Å². The van der Waals surface area contributed by atoms with Crippen molar-refractivity contribution in [3.63, 3.8) is 0 Å². The quantitative estimate of drug-likeness (QED) is 0.396. The first-order valence-corrected chi connectivity index (χ1v) is 12.3. The number of carbonyl (C=O) groups is 2. The zero-order valence-electron chi connectivity index (χ0n) is 20.5. The summed E-state index contributed by atoms with van der Waals surface area (Å²) >= 11 is 0. The van der Waals surface area contributed by atoms with E-state index in [9.17, 15) is 14.0 Å². The number of aromatic nitrogens is 2. The molecular weight excluding hydrogens is 471 g/mol. The summed E-state index contributed by atoms with van der Waals surface area (Å²) in [7, 11) is 0. The second-order valence-electron chi connectivity index (χ2n) is 9.18. The number of carbonyl (C=O) groups excluding carboxylic acids is 2. The molecule has 1 unspecified atom stereocenters. The molecule has 1 aromatic heterocycles. The summed E-state index contributed by atoms with van der Waals surface area (Å²) < 4.78 is 18.7. The Morgan fingerprint density at radius 1 is 0.973 bits per heavy atom. The van der Waals surface area contributed by atoms with Crippen molar-refractivity contribution < 1.29 is 18.5 Å². The normalized spacial score (nSPS) is 15.7. The van der Waals surface area contributed by atoms with Crippen molar-refractivity contribution in [2.45, 2.75) is 25.3 Å². The average molecular weight is 499 g/mol. The number of halogens is 1. The Hall–Kier alpha value is -4.33. The summed E-state index contributed by atoms with van der Waals surface area (Å²) in [6, 6.07) is 25.2. The molecule has 3 aromatic carbocycles. The molecule has 0 N–H and O–H groups in total. The van der Waals surface area contributed by atoms with Gasteiger partial charge >= 0.3 is 0 Å². The Labute approximate surface area is 214 Å². The van der Waals surface area contributed by atoms with Gasteiger partial charge in [-0.3, -0.25) is 9.59 Å². The van der Waals surface area contributed by atoms with Crippen molar-refractivity contribution in [1.29, 1.82) is 0 Å². The van der Waals surface area contributed by atoms with E-state index < -0.39 is 11.7 Å². The third-order valence-corrected chi connectivity index (χ3v) is 6.63. The van der Waals surface area contributed by atoms with Gasteiger partial charge in [0.1, 0.15) is 5.82 Å². The van der Waals surface area contributed by atoms with Crippen LogP contribution in [0.5, 0.6) is 0 Å². The zero-order valence-corrected chi connectivity index (χ0v) is 20.5. The zero-order chi connectivity index (χ0) is 25.8. The van der Waals surface area contributed by atoms with Crippen molar-refractivity contribution in [3.8, 4) is 11.5 Å². The van der Waals surface area contributed by atoms with Crippen LogP contribution >= 0.6 is 0 Å². The minimum absolute atomic E-state index is 0.0231. The molecule has 37 heavy (non-hydrogen) atoms. The van der Waals surface area contributed by atoms with Crippen molar-refractivity contribution in [2.24, 2.45) is 0 Å². The molecule has 188 valence electrons. The highest BCUT2D eigenvalue weighted by Crippen LogP contribution is 2.28. The van der Waals surface area contributed by atoms with E-state index in [1.54, 1.807) is 17.0 Å².